The molecule has 0 spiro atoms. The molecule has 2 N–H and O–H groups in total. The maximum Gasteiger partial charge on any atom is 0.321 e. The summed E-state index contributed by atoms with van der Waals surface area (Å²) in [5, 5.41) is 5.64. The Kier molecular flexibility index (Phi) is 7.01. The number of aryl methyl sites for hydroxylation is 2. The lowest BCUT2D eigenvalue weighted by Crippen LogP contribution is -2.30. The minimum atomic E-state index is -3.66. The summed E-state index contributed by atoms with van der Waals surface area (Å²) >= 11 is 1.15. The first-order chi connectivity index (χ1) is 14.7. The number of hydrogen-bond acceptors (Lipinski definition) is 6. The van der Waals surface area contributed by atoms with Gasteiger partial charge in [-0.15, -0.1) is 0 Å². The summed E-state index contributed by atoms with van der Waals surface area (Å²) in [6.07, 6.45) is 4.70. The lowest BCUT2D eigenvalue weighted by molar-refractivity contribution is 0.252. The van der Waals surface area contributed by atoms with E-state index in [0.717, 1.165) is 29.4 Å². The van der Waals surface area contributed by atoms with E-state index >= 15 is 0 Å². The second-order valence-corrected chi connectivity index (χ2v) is 9.76. The number of thiazole rings is 1. The van der Waals surface area contributed by atoms with Crippen LogP contribution >= 0.6 is 11.3 Å². The van der Waals surface area contributed by atoms with E-state index in [0.29, 0.717) is 34.2 Å². The number of carbonyl (C=O) groups excluding carboxylic acids is 1. The van der Waals surface area contributed by atoms with E-state index in [4.69, 9.17) is 0 Å². The van der Waals surface area contributed by atoms with Gasteiger partial charge in [0.05, 0.1) is 29.1 Å². The third kappa shape index (κ3) is 5.85. The van der Waals surface area contributed by atoms with Gasteiger partial charge in [0.15, 0.2) is 15.0 Å². The van der Waals surface area contributed by atoms with Gasteiger partial charge in [0, 0.05) is 25.4 Å². The fourth-order valence-electron chi connectivity index (χ4n) is 2.86. The van der Waals surface area contributed by atoms with E-state index in [1.165, 1.54) is 12.1 Å². The molecule has 166 valence electrons. The van der Waals surface area contributed by atoms with Gasteiger partial charge in [-0.3, -0.25) is 5.32 Å². The molecular formula is C19H21F2N5O3S2. The predicted molar refractivity (Wildman–Crippen MR) is 114 cm³/mol. The molecule has 0 atom stereocenters. The molecule has 0 saturated heterocycles. The van der Waals surface area contributed by atoms with Crippen molar-refractivity contribution in [2.45, 2.75) is 24.8 Å². The molecule has 1 aromatic carbocycles. The van der Waals surface area contributed by atoms with E-state index in [1.54, 1.807) is 24.0 Å². The fourth-order valence-corrected chi connectivity index (χ4v) is 4.55. The maximum atomic E-state index is 14.2. The van der Waals surface area contributed by atoms with Crippen molar-refractivity contribution < 1.29 is 22.0 Å². The molecule has 2 heterocycles. The van der Waals surface area contributed by atoms with E-state index in [9.17, 15) is 22.0 Å². The number of nitrogens with zero attached hydrogens (tertiary/aromatic N) is 3. The number of alkyl halides is 1. The summed E-state index contributed by atoms with van der Waals surface area (Å²) in [6, 6.07) is 3.41. The Balaban J connectivity index is 1.60. The molecule has 3 rings (SSSR count). The van der Waals surface area contributed by atoms with Gasteiger partial charge < -0.3 is 9.88 Å². The maximum absolute atomic E-state index is 14.2. The zero-order valence-corrected chi connectivity index (χ0v) is 18.5. The number of carbonyl (C=O) groups is 1. The van der Waals surface area contributed by atoms with Crippen molar-refractivity contribution in [2.24, 2.45) is 0 Å². The number of rotatable bonds is 8. The first-order valence-electron chi connectivity index (χ1n) is 9.26. The van der Waals surface area contributed by atoms with Gasteiger partial charge in [0.25, 0.3) is 0 Å². The predicted octanol–water partition coefficient (Wildman–Crippen LogP) is 3.19. The van der Waals surface area contributed by atoms with Crippen LogP contribution in [0.3, 0.4) is 0 Å². The number of hydrogen-bond donors (Lipinski definition) is 2. The molecule has 0 aliphatic carbocycles. The minimum Gasteiger partial charge on any atom is -0.337 e. The average molecular weight is 470 g/mol. The smallest absolute Gasteiger partial charge is 0.321 e. The molecule has 0 saturated carbocycles. The Bertz CT molecular complexity index is 1190. The van der Waals surface area contributed by atoms with Gasteiger partial charge in [-0.2, -0.15) is 0 Å². The highest BCUT2D eigenvalue weighted by molar-refractivity contribution is 7.90. The molecule has 0 unspecified atom stereocenters. The number of benzene rings is 1. The Labute approximate surface area is 182 Å². The van der Waals surface area contributed by atoms with Crippen LogP contribution in [0.5, 0.6) is 0 Å². The molecular weight excluding hydrogens is 448 g/mol. The molecule has 2 aromatic heterocycles. The summed E-state index contributed by atoms with van der Waals surface area (Å²) in [6.45, 7) is 1.81. The number of halogens is 2. The van der Waals surface area contributed by atoms with Gasteiger partial charge in [-0.1, -0.05) is 17.4 Å². The van der Waals surface area contributed by atoms with Crippen LogP contribution in [0, 0.1) is 12.7 Å². The highest BCUT2D eigenvalue weighted by atomic mass is 32.2. The molecule has 12 heteroatoms. The number of imidazole rings is 1. The number of nitrogens with one attached hydrogen (secondary N) is 2. The summed E-state index contributed by atoms with van der Waals surface area (Å²) in [5.41, 5.74) is 1.78. The van der Waals surface area contributed by atoms with Gasteiger partial charge in [-0.05, 0) is 24.6 Å². The van der Waals surface area contributed by atoms with Crippen molar-refractivity contribution in [3.8, 4) is 10.4 Å². The second-order valence-electron chi connectivity index (χ2n) is 6.77. The number of sulfone groups is 1. The van der Waals surface area contributed by atoms with Crippen LogP contribution in [0.2, 0.25) is 0 Å². The minimum absolute atomic E-state index is 0.244. The zero-order chi connectivity index (χ0) is 22.6. The van der Waals surface area contributed by atoms with Crippen molar-refractivity contribution in [2.75, 3.05) is 24.8 Å². The fraction of sp³-hybridized carbons (Fsp3) is 0.316. The monoisotopic (exact) mass is 469 g/mol. The molecule has 8 nitrogen and oxygen atoms in total. The molecule has 31 heavy (non-hydrogen) atoms. The van der Waals surface area contributed by atoms with E-state index < -0.39 is 28.4 Å². The lowest BCUT2D eigenvalue weighted by Gasteiger charge is -2.04. The van der Waals surface area contributed by atoms with E-state index in [2.05, 4.69) is 20.6 Å². The quantitative estimate of drug-likeness (QED) is 0.527. The normalized spacial score (nSPS) is 11.5. The van der Waals surface area contributed by atoms with Crippen LogP contribution in [0.1, 0.15) is 11.4 Å². The third-order valence-corrected chi connectivity index (χ3v) is 6.56. The lowest BCUT2D eigenvalue weighted by atomic mass is 10.1. The van der Waals surface area contributed by atoms with Crippen molar-refractivity contribution in [1.29, 1.82) is 0 Å². The number of aromatic nitrogens is 3. The SMILES string of the molecule is Cc1nc(NC(=O)NCCc2cn(CCF)cn2)sc1-c1ccc(S(C)(=O)=O)c(F)c1. The van der Waals surface area contributed by atoms with Crippen molar-refractivity contribution in [1.82, 2.24) is 19.9 Å². The number of urea groups is 1. The Morgan fingerprint density at radius 1 is 1.32 bits per heavy atom. The molecule has 0 fully saturated rings. The molecule has 0 bridgehead atoms. The number of amides is 2. The van der Waals surface area contributed by atoms with Crippen molar-refractivity contribution in [3.05, 3.63) is 47.9 Å². The van der Waals surface area contributed by atoms with Crippen LogP contribution in [0.4, 0.5) is 18.7 Å². The van der Waals surface area contributed by atoms with E-state index in [1.807, 2.05) is 0 Å². The first-order valence-corrected chi connectivity index (χ1v) is 12.0. The van der Waals surface area contributed by atoms with Crippen LogP contribution in [-0.2, 0) is 22.8 Å². The molecule has 0 aliphatic heterocycles. The van der Waals surface area contributed by atoms with Gasteiger partial charge in [-0.25, -0.2) is 32.0 Å². The number of anilines is 1. The standard InChI is InChI=1S/C19H21F2N5O3S2/c1-12-17(13-3-4-16(15(21)9-13)31(2,28)29)30-19(24-12)25-18(27)22-7-5-14-10-26(8-6-20)11-23-14/h3-4,9-11H,5-8H2,1-2H3,(H2,22,24,25,27). The molecule has 3 aromatic rings. The summed E-state index contributed by atoms with van der Waals surface area (Å²) in [5.74, 6) is -0.839. The Hall–Kier alpha value is -2.86. The highest BCUT2D eigenvalue weighted by Crippen LogP contribution is 2.34. The molecule has 2 amide bonds. The van der Waals surface area contributed by atoms with Crippen LogP contribution < -0.4 is 10.6 Å². The summed E-state index contributed by atoms with van der Waals surface area (Å²) in [7, 11) is -3.66. The van der Waals surface area contributed by atoms with Crippen LogP contribution in [0.15, 0.2) is 35.6 Å². The topological polar surface area (TPSA) is 106 Å². The van der Waals surface area contributed by atoms with Crippen molar-refractivity contribution in [3.63, 3.8) is 0 Å². The van der Waals surface area contributed by atoms with Crippen LogP contribution in [-0.4, -0.2) is 48.5 Å². The molecule has 0 aliphatic rings. The van der Waals surface area contributed by atoms with Crippen molar-refractivity contribution >= 4 is 32.3 Å². The van der Waals surface area contributed by atoms with Crippen LogP contribution in [0.25, 0.3) is 10.4 Å². The highest BCUT2D eigenvalue weighted by Gasteiger charge is 2.17. The second kappa shape index (κ2) is 9.52. The first kappa shape index (κ1) is 22.8. The van der Waals surface area contributed by atoms with Gasteiger partial charge >= 0.3 is 6.03 Å². The largest absolute Gasteiger partial charge is 0.337 e. The molecule has 0 radical (unpaired) electrons. The van der Waals surface area contributed by atoms with Gasteiger partial charge in [0.2, 0.25) is 0 Å². The third-order valence-electron chi connectivity index (χ3n) is 4.31. The Morgan fingerprint density at radius 3 is 2.77 bits per heavy atom. The van der Waals surface area contributed by atoms with Gasteiger partial charge in [0.1, 0.15) is 17.4 Å². The Morgan fingerprint density at radius 2 is 2.10 bits per heavy atom. The average Bonchev–Trinajstić information content (AvgIpc) is 3.27. The van der Waals surface area contributed by atoms with E-state index in [-0.39, 0.29) is 11.4 Å². The summed E-state index contributed by atoms with van der Waals surface area (Å²) in [4.78, 5) is 20.8. The zero-order valence-electron chi connectivity index (χ0n) is 16.9. The summed E-state index contributed by atoms with van der Waals surface area (Å²) < 4.78 is 51.3.